The van der Waals surface area contributed by atoms with Gasteiger partial charge in [0.05, 0.1) is 6.26 Å². The topological polar surface area (TPSA) is 13.1 Å². The van der Waals surface area contributed by atoms with E-state index in [-0.39, 0.29) is 0 Å². The smallest absolute Gasteiger partial charge is 0.134 e. The molecule has 0 aliphatic rings. The van der Waals surface area contributed by atoms with Gasteiger partial charge in [-0.05, 0) is 30.5 Å². The van der Waals surface area contributed by atoms with E-state index in [0.29, 0.717) is 0 Å². The quantitative estimate of drug-likeness (QED) is 0.690. The van der Waals surface area contributed by atoms with Gasteiger partial charge >= 0.3 is 0 Å². The van der Waals surface area contributed by atoms with Gasteiger partial charge in [0.2, 0.25) is 0 Å². The first-order valence-corrected chi connectivity index (χ1v) is 4.40. The van der Waals surface area contributed by atoms with Crippen molar-refractivity contribution in [2.45, 2.75) is 12.8 Å². The van der Waals surface area contributed by atoms with Crippen LogP contribution in [0.3, 0.4) is 0 Å². The second-order valence-electron chi connectivity index (χ2n) is 3.02. The van der Waals surface area contributed by atoms with Gasteiger partial charge < -0.3 is 4.42 Å². The van der Waals surface area contributed by atoms with E-state index in [0.717, 1.165) is 18.4 Å². The Bertz CT molecular complexity index is 412. The molecule has 2 rings (SSSR count). The lowest BCUT2D eigenvalue weighted by Crippen LogP contribution is -1.82. The lowest BCUT2D eigenvalue weighted by atomic mass is 10.1. The molecule has 0 atom stereocenters. The number of allylic oxidation sites excluding steroid dienone is 1. The first kappa shape index (κ1) is 8.11. The molecule has 0 amide bonds. The van der Waals surface area contributed by atoms with Crippen molar-refractivity contribution in [1.82, 2.24) is 0 Å². The van der Waals surface area contributed by atoms with Crippen molar-refractivity contribution in [3.63, 3.8) is 0 Å². The largest absolute Gasteiger partial charge is 0.464 e. The Morgan fingerprint density at radius 1 is 1.31 bits per heavy atom. The van der Waals surface area contributed by atoms with Gasteiger partial charge in [0, 0.05) is 5.39 Å². The molecule has 13 heavy (non-hydrogen) atoms. The van der Waals surface area contributed by atoms with Crippen molar-refractivity contribution in [2.75, 3.05) is 0 Å². The first-order valence-electron chi connectivity index (χ1n) is 4.40. The zero-order chi connectivity index (χ0) is 9.10. The maximum Gasteiger partial charge on any atom is 0.134 e. The number of benzene rings is 1. The van der Waals surface area contributed by atoms with E-state index < -0.39 is 0 Å². The van der Waals surface area contributed by atoms with Gasteiger partial charge in [-0.2, -0.15) is 0 Å². The normalized spacial score (nSPS) is 10.5. The maximum absolute atomic E-state index is 5.35. The monoisotopic (exact) mass is 171 g/mol. The van der Waals surface area contributed by atoms with E-state index in [4.69, 9.17) is 11.0 Å². The molecule has 0 aliphatic carbocycles. The highest BCUT2D eigenvalue weighted by Crippen LogP contribution is 2.20. The highest BCUT2D eigenvalue weighted by Gasteiger charge is 2.01. The van der Waals surface area contributed by atoms with Gasteiger partial charge in [-0.3, -0.25) is 0 Å². The minimum Gasteiger partial charge on any atom is -0.464 e. The van der Waals surface area contributed by atoms with Crippen molar-refractivity contribution in [1.29, 1.82) is 0 Å². The Morgan fingerprint density at radius 3 is 3.08 bits per heavy atom. The highest BCUT2D eigenvalue weighted by molar-refractivity contribution is 5.80. The Kier molecular flexibility index (Phi) is 2.17. The summed E-state index contributed by atoms with van der Waals surface area (Å²) in [6.07, 6.45) is 5.30. The molecule has 0 unspecified atom stereocenters. The zero-order valence-corrected chi connectivity index (χ0v) is 7.36. The summed E-state index contributed by atoms with van der Waals surface area (Å²) in [5, 5.41) is 1.20. The number of aryl methyl sites for hydroxylation is 1. The van der Waals surface area contributed by atoms with Crippen molar-refractivity contribution in [3.05, 3.63) is 48.7 Å². The van der Waals surface area contributed by atoms with Crippen LogP contribution in [0.1, 0.15) is 12.0 Å². The molecule has 2 aromatic rings. The van der Waals surface area contributed by atoms with Gasteiger partial charge in [-0.15, -0.1) is 0 Å². The Balaban J connectivity index is 2.42. The molecule has 1 nitrogen and oxygen atoms in total. The lowest BCUT2D eigenvalue weighted by Gasteiger charge is -1.98. The summed E-state index contributed by atoms with van der Waals surface area (Å²) in [6.45, 7) is 5.35. The summed E-state index contributed by atoms with van der Waals surface area (Å²) < 4.78 is 5.30. The summed E-state index contributed by atoms with van der Waals surface area (Å²) in [4.78, 5) is 0. The summed E-state index contributed by atoms with van der Waals surface area (Å²) in [6, 6.07) is 8.10. The fourth-order valence-corrected chi connectivity index (χ4v) is 1.51. The van der Waals surface area contributed by atoms with Crippen LogP contribution in [0.4, 0.5) is 0 Å². The third-order valence-electron chi connectivity index (χ3n) is 2.17. The fraction of sp³-hybridized carbons (Fsp3) is 0.167. The molecule has 1 heterocycles. The predicted octanol–water partition coefficient (Wildman–Crippen LogP) is 3.35. The van der Waals surface area contributed by atoms with Crippen molar-refractivity contribution >= 4 is 11.0 Å². The minimum atomic E-state index is 0.907. The molecular weight excluding hydrogens is 160 g/mol. The summed E-state index contributed by atoms with van der Waals surface area (Å²) in [5.41, 5.74) is 2.25. The van der Waals surface area contributed by atoms with Gasteiger partial charge in [-0.25, -0.2) is 0 Å². The van der Waals surface area contributed by atoms with E-state index in [1.807, 2.05) is 18.2 Å². The minimum absolute atomic E-state index is 0.907. The molecule has 0 saturated heterocycles. The molecule has 1 heteroatoms. The number of hydrogen-bond donors (Lipinski definition) is 0. The maximum atomic E-state index is 5.35. The summed E-state index contributed by atoms with van der Waals surface area (Å²) in [7, 11) is 0. The number of rotatable bonds is 3. The molecule has 0 spiro atoms. The molecule has 65 valence electrons. The van der Waals surface area contributed by atoms with Crippen LogP contribution in [-0.4, -0.2) is 0 Å². The van der Waals surface area contributed by atoms with Gasteiger partial charge in [0.15, 0.2) is 0 Å². The van der Waals surface area contributed by atoms with E-state index in [1.165, 1.54) is 10.9 Å². The van der Waals surface area contributed by atoms with E-state index in [1.54, 1.807) is 12.3 Å². The number of hydrogen-bond acceptors (Lipinski definition) is 1. The van der Waals surface area contributed by atoms with E-state index >= 15 is 0 Å². The van der Waals surface area contributed by atoms with Gasteiger partial charge in [-0.1, -0.05) is 24.8 Å². The van der Waals surface area contributed by atoms with Crippen molar-refractivity contribution < 1.29 is 4.42 Å². The zero-order valence-electron chi connectivity index (χ0n) is 7.36. The molecular formula is C12H11O. The summed E-state index contributed by atoms with van der Waals surface area (Å²) >= 11 is 0. The van der Waals surface area contributed by atoms with Crippen molar-refractivity contribution in [2.24, 2.45) is 0 Å². The molecule has 1 aromatic heterocycles. The molecule has 1 aromatic carbocycles. The standard InChI is InChI=1S/C12H11O/c1-2-3-5-10-6-4-7-12-11(10)8-9-13-12/h1-2,4,6-9H,3,5H2. The Labute approximate surface area is 77.7 Å². The van der Waals surface area contributed by atoms with Crippen LogP contribution in [0.25, 0.3) is 11.0 Å². The van der Waals surface area contributed by atoms with Gasteiger partial charge in [0.25, 0.3) is 0 Å². The molecule has 0 bridgehead atoms. The van der Waals surface area contributed by atoms with Crippen molar-refractivity contribution in [3.8, 4) is 0 Å². The molecule has 1 radical (unpaired) electrons. The second-order valence-corrected chi connectivity index (χ2v) is 3.02. The third kappa shape index (κ3) is 1.50. The predicted molar refractivity (Wildman–Crippen MR) is 53.4 cm³/mol. The molecule has 0 aliphatic heterocycles. The Hall–Kier alpha value is -1.50. The average Bonchev–Trinajstić information content (AvgIpc) is 2.62. The number of furan rings is 1. The average molecular weight is 171 g/mol. The molecule has 0 saturated carbocycles. The van der Waals surface area contributed by atoms with Crippen LogP contribution in [0.15, 0.2) is 41.0 Å². The second kappa shape index (κ2) is 3.48. The van der Waals surface area contributed by atoms with Crippen LogP contribution in [0.2, 0.25) is 0 Å². The first-order chi connectivity index (χ1) is 6.42. The fourth-order valence-electron chi connectivity index (χ4n) is 1.51. The van der Waals surface area contributed by atoms with Crippen LogP contribution < -0.4 is 0 Å². The lowest BCUT2D eigenvalue weighted by molar-refractivity contribution is 0.615. The summed E-state index contributed by atoms with van der Waals surface area (Å²) in [5.74, 6) is 0. The number of fused-ring (bicyclic) bond motifs is 1. The SMILES string of the molecule is [CH]=CCCc1cccc2occc12. The molecule has 0 fully saturated rings. The third-order valence-corrected chi connectivity index (χ3v) is 2.17. The van der Waals surface area contributed by atoms with E-state index in [2.05, 4.69) is 6.07 Å². The van der Waals surface area contributed by atoms with Crippen LogP contribution in [-0.2, 0) is 6.42 Å². The van der Waals surface area contributed by atoms with Crippen LogP contribution in [0, 0.1) is 6.58 Å². The van der Waals surface area contributed by atoms with Gasteiger partial charge in [0.1, 0.15) is 5.58 Å². The van der Waals surface area contributed by atoms with Crippen LogP contribution in [0.5, 0.6) is 0 Å². The van der Waals surface area contributed by atoms with Crippen LogP contribution >= 0.6 is 0 Å². The highest BCUT2D eigenvalue weighted by atomic mass is 16.3. The Morgan fingerprint density at radius 2 is 2.23 bits per heavy atom. The molecule has 0 N–H and O–H groups in total. The van der Waals surface area contributed by atoms with E-state index in [9.17, 15) is 0 Å².